The summed E-state index contributed by atoms with van der Waals surface area (Å²) < 4.78 is 30.0. The van der Waals surface area contributed by atoms with Crippen LogP contribution in [-0.2, 0) is 15.1 Å². The Balaban J connectivity index is 1.78. The maximum Gasteiger partial charge on any atom is 0.168 e. The molecule has 20 heavy (non-hydrogen) atoms. The van der Waals surface area contributed by atoms with E-state index in [0.29, 0.717) is 44.5 Å². The maximum atomic E-state index is 13.8. The van der Waals surface area contributed by atoms with Crippen molar-refractivity contribution < 1.29 is 23.7 Å². The molecule has 1 heterocycles. The molecule has 1 saturated carbocycles. The smallest absolute Gasteiger partial charge is 0.168 e. The fourth-order valence-corrected chi connectivity index (χ4v) is 3.07. The van der Waals surface area contributed by atoms with Crippen LogP contribution in [0.4, 0.5) is 4.39 Å². The summed E-state index contributed by atoms with van der Waals surface area (Å²) in [4.78, 5) is 0. The van der Waals surface area contributed by atoms with Gasteiger partial charge in [0.05, 0.1) is 25.9 Å². The maximum absolute atomic E-state index is 13.8. The summed E-state index contributed by atoms with van der Waals surface area (Å²) in [5, 5.41) is 10.8. The average molecular weight is 282 g/mol. The fraction of sp³-hybridized carbons (Fsp3) is 0.600. The van der Waals surface area contributed by atoms with Gasteiger partial charge in [0.25, 0.3) is 0 Å². The molecule has 1 N–H and O–H groups in total. The molecule has 2 fully saturated rings. The van der Waals surface area contributed by atoms with Crippen LogP contribution in [0.15, 0.2) is 18.2 Å². The fourth-order valence-electron chi connectivity index (χ4n) is 3.07. The average Bonchev–Trinajstić information content (AvgIpc) is 2.91. The van der Waals surface area contributed by atoms with E-state index in [0.717, 1.165) is 0 Å². The number of aliphatic hydroxyl groups is 1. The third-order valence-corrected chi connectivity index (χ3v) is 4.34. The number of methoxy groups -OCH3 is 1. The van der Waals surface area contributed by atoms with Crippen LogP contribution < -0.4 is 4.74 Å². The molecule has 0 radical (unpaired) electrons. The van der Waals surface area contributed by atoms with Crippen LogP contribution in [0.25, 0.3) is 0 Å². The summed E-state index contributed by atoms with van der Waals surface area (Å²) in [7, 11) is 1.42. The topological polar surface area (TPSA) is 47.9 Å². The number of hydrogen-bond donors (Lipinski definition) is 1. The number of halogens is 1. The van der Waals surface area contributed by atoms with Crippen molar-refractivity contribution in [2.75, 3.05) is 20.3 Å². The summed E-state index contributed by atoms with van der Waals surface area (Å²) in [5.74, 6) is -0.795. The lowest BCUT2D eigenvalue weighted by Crippen LogP contribution is -2.42. The van der Waals surface area contributed by atoms with Crippen molar-refractivity contribution in [2.24, 2.45) is 0 Å². The minimum absolute atomic E-state index is 0.187. The van der Waals surface area contributed by atoms with E-state index in [9.17, 15) is 9.50 Å². The van der Waals surface area contributed by atoms with Crippen molar-refractivity contribution in [3.8, 4) is 5.75 Å². The molecule has 110 valence electrons. The number of benzene rings is 1. The van der Waals surface area contributed by atoms with Crippen molar-refractivity contribution in [2.45, 2.75) is 37.1 Å². The van der Waals surface area contributed by atoms with E-state index >= 15 is 0 Å². The second-order valence-corrected chi connectivity index (χ2v) is 5.49. The molecule has 0 aromatic heterocycles. The molecule has 1 spiro atoms. The molecule has 0 amide bonds. The first-order valence-corrected chi connectivity index (χ1v) is 6.91. The highest BCUT2D eigenvalue weighted by Gasteiger charge is 2.46. The molecule has 1 saturated heterocycles. The molecule has 0 bridgehead atoms. The van der Waals surface area contributed by atoms with Crippen LogP contribution in [0.2, 0.25) is 0 Å². The van der Waals surface area contributed by atoms with Gasteiger partial charge in [0.1, 0.15) is 0 Å². The SMILES string of the molecule is COc1ccc(C2(O)CCC3(CC2)OCCO3)cc1F. The first-order valence-electron chi connectivity index (χ1n) is 6.91. The standard InChI is InChI=1S/C15H19FO4/c1-18-13-3-2-11(10-12(13)16)14(17)4-6-15(7-5-14)19-8-9-20-15/h2-3,10,17H,4-9H2,1H3. The van der Waals surface area contributed by atoms with E-state index in [2.05, 4.69) is 0 Å². The minimum atomic E-state index is -1.02. The van der Waals surface area contributed by atoms with Gasteiger partial charge in [0, 0.05) is 12.8 Å². The van der Waals surface area contributed by atoms with E-state index in [1.165, 1.54) is 13.2 Å². The van der Waals surface area contributed by atoms with E-state index in [1.54, 1.807) is 12.1 Å². The van der Waals surface area contributed by atoms with Gasteiger partial charge in [0.15, 0.2) is 17.4 Å². The molecule has 1 aromatic rings. The molecule has 1 aromatic carbocycles. The van der Waals surface area contributed by atoms with Gasteiger partial charge in [-0.3, -0.25) is 0 Å². The Morgan fingerprint density at radius 1 is 1.15 bits per heavy atom. The lowest BCUT2D eigenvalue weighted by molar-refractivity contribution is -0.204. The van der Waals surface area contributed by atoms with Crippen LogP contribution in [0.5, 0.6) is 5.75 Å². The van der Waals surface area contributed by atoms with E-state index < -0.39 is 17.2 Å². The van der Waals surface area contributed by atoms with Crippen LogP contribution in [-0.4, -0.2) is 31.2 Å². The van der Waals surface area contributed by atoms with Crippen molar-refractivity contribution in [3.05, 3.63) is 29.6 Å². The molecule has 4 nitrogen and oxygen atoms in total. The van der Waals surface area contributed by atoms with E-state index in [-0.39, 0.29) is 5.75 Å². The van der Waals surface area contributed by atoms with Gasteiger partial charge in [-0.15, -0.1) is 0 Å². The molecular formula is C15H19FO4. The normalized spacial score (nSPS) is 23.9. The second kappa shape index (κ2) is 4.98. The molecule has 3 rings (SSSR count). The Morgan fingerprint density at radius 3 is 2.35 bits per heavy atom. The van der Waals surface area contributed by atoms with Crippen molar-refractivity contribution >= 4 is 0 Å². The van der Waals surface area contributed by atoms with Crippen LogP contribution in [0.3, 0.4) is 0 Å². The summed E-state index contributed by atoms with van der Waals surface area (Å²) in [5.41, 5.74) is -0.433. The lowest BCUT2D eigenvalue weighted by atomic mass is 9.77. The predicted molar refractivity (Wildman–Crippen MR) is 70.0 cm³/mol. The van der Waals surface area contributed by atoms with Gasteiger partial charge in [0.2, 0.25) is 0 Å². The van der Waals surface area contributed by atoms with Gasteiger partial charge in [-0.05, 0) is 30.5 Å². The highest BCUT2D eigenvalue weighted by molar-refractivity contribution is 5.33. The van der Waals surface area contributed by atoms with Gasteiger partial charge in [-0.2, -0.15) is 0 Å². The zero-order valence-electron chi connectivity index (χ0n) is 11.5. The number of ether oxygens (including phenoxy) is 3. The first kappa shape index (κ1) is 13.8. The van der Waals surface area contributed by atoms with Gasteiger partial charge in [-0.1, -0.05) is 6.07 Å². The lowest BCUT2D eigenvalue weighted by Gasteiger charge is -2.40. The molecule has 2 aliphatic rings. The molecule has 5 heteroatoms. The molecule has 1 aliphatic carbocycles. The monoisotopic (exact) mass is 282 g/mol. The second-order valence-electron chi connectivity index (χ2n) is 5.49. The highest BCUT2D eigenvalue weighted by atomic mass is 19.1. The Kier molecular flexibility index (Phi) is 3.44. The third kappa shape index (κ3) is 2.30. The van der Waals surface area contributed by atoms with Crippen molar-refractivity contribution in [1.82, 2.24) is 0 Å². The summed E-state index contributed by atoms with van der Waals surface area (Å²) >= 11 is 0. The Labute approximate surface area is 117 Å². The molecule has 0 unspecified atom stereocenters. The zero-order valence-corrected chi connectivity index (χ0v) is 11.5. The molecule has 1 aliphatic heterocycles. The highest BCUT2D eigenvalue weighted by Crippen LogP contribution is 2.45. The summed E-state index contributed by atoms with van der Waals surface area (Å²) in [6.07, 6.45) is 2.24. The van der Waals surface area contributed by atoms with Crippen LogP contribution in [0.1, 0.15) is 31.2 Å². The number of rotatable bonds is 2. The first-order chi connectivity index (χ1) is 9.57. The predicted octanol–water partition coefficient (Wildman–Crippen LogP) is 2.34. The largest absolute Gasteiger partial charge is 0.494 e. The minimum Gasteiger partial charge on any atom is -0.494 e. The van der Waals surface area contributed by atoms with Crippen LogP contribution >= 0.6 is 0 Å². The van der Waals surface area contributed by atoms with Gasteiger partial charge in [-0.25, -0.2) is 4.39 Å². The summed E-state index contributed by atoms with van der Waals surface area (Å²) in [6.45, 7) is 1.21. The quantitative estimate of drug-likeness (QED) is 0.904. The van der Waals surface area contributed by atoms with Gasteiger partial charge < -0.3 is 19.3 Å². The Hall–Kier alpha value is -1.17. The third-order valence-electron chi connectivity index (χ3n) is 4.34. The van der Waals surface area contributed by atoms with E-state index in [4.69, 9.17) is 14.2 Å². The van der Waals surface area contributed by atoms with Crippen LogP contribution in [0, 0.1) is 5.82 Å². The summed E-state index contributed by atoms with van der Waals surface area (Å²) in [6, 6.07) is 4.62. The molecule has 0 atom stereocenters. The van der Waals surface area contributed by atoms with E-state index in [1.807, 2.05) is 0 Å². The Bertz CT molecular complexity index is 487. The Morgan fingerprint density at radius 2 is 1.80 bits per heavy atom. The van der Waals surface area contributed by atoms with Gasteiger partial charge >= 0.3 is 0 Å². The zero-order chi connectivity index (χ0) is 14.2. The van der Waals surface area contributed by atoms with Crippen molar-refractivity contribution in [3.63, 3.8) is 0 Å². The van der Waals surface area contributed by atoms with Crippen molar-refractivity contribution in [1.29, 1.82) is 0 Å². The number of hydrogen-bond acceptors (Lipinski definition) is 4. The molecular weight excluding hydrogens is 263 g/mol.